The van der Waals surface area contributed by atoms with Crippen molar-refractivity contribution in [3.05, 3.63) is 24.3 Å². The Hall–Kier alpha value is -1.46. The van der Waals surface area contributed by atoms with Crippen LogP contribution in [0, 0.1) is 0 Å². The van der Waals surface area contributed by atoms with Crippen molar-refractivity contribution >= 4 is 23.2 Å². The van der Waals surface area contributed by atoms with Crippen molar-refractivity contribution in [2.75, 3.05) is 57.3 Å². The molecule has 0 unspecified atom stereocenters. The highest BCUT2D eigenvalue weighted by atomic mass is 35.5. The monoisotopic (exact) mass is 312 g/mol. The van der Waals surface area contributed by atoms with Gasteiger partial charge >= 0.3 is 0 Å². The number of alkyl halides is 1. The summed E-state index contributed by atoms with van der Waals surface area (Å²) in [6.45, 7) is 4.22. The molecule has 1 aromatic rings. The number of anilines is 1. The average molecular weight is 313 g/mol. The summed E-state index contributed by atoms with van der Waals surface area (Å²) in [5.74, 6) is 0.915. The van der Waals surface area contributed by atoms with E-state index in [0.29, 0.717) is 13.2 Å². The van der Waals surface area contributed by atoms with E-state index in [2.05, 4.69) is 4.90 Å². The van der Waals surface area contributed by atoms with Crippen molar-refractivity contribution in [3.63, 3.8) is 0 Å². The van der Waals surface area contributed by atoms with Crippen LogP contribution >= 0.6 is 11.6 Å². The second-order valence-corrected chi connectivity index (χ2v) is 5.10. The maximum absolute atomic E-state index is 11.5. The molecule has 6 heteroatoms. The average Bonchev–Trinajstić information content (AvgIpc) is 2.55. The van der Waals surface area contributed by atoms with Crippen LogP contribution < -0.4 is 9.64 Å². The van der Waals surface area contributed by atoms with Gasteiger partial charge < -0.3 is 19.3 Å². The van der Waals surface area contributed by atoms with E-state index in [9.17, 15) is 4.79 Å². The molecule has 1 amide bonds. The molecular weight excluding hydrogens is 292 g/mol. The fourth-order valence-electron chi connectivity index (χ4n) is 2.29. The predicted octanol–water partition coefficient (Wildman–Crippen LogP) is 1.60. The second kappa shape index (κ2) is 8.10. The first-order chi connectivity index (χ1) is 10.2. The van der Waals surface area contributed by atoms with E-state index in [4.69, 9.17) is 21.1 Å². The Kier molecular flexibility index (Phi) is 6.14. The molecule has 1 aliphatic rings. The van der Waals surface area contributed by atoms with Crippen LogP contribution in [0.3, 0.4) is 0 Å². The standard InChI is InChI=1S/C15H21ClN2O3/c1-20-10-11-21-14-4-2-13(3-5-14)17-6-8-18(9-7-17)15(19)12-16/h2-5H,6-12H2,1H3. The van der Waals surface area contributed by atoms with Gasteiger partial charge in [-0.05, 0) is 24.3 Å². The lowest BCUT2D eigenvalue weighted by Crippen LogP contribution is -2.49. The van der Waals surface area contributed by atoms with Crippen LogP contribution in [0.5, 0.6) is 5.75 Å². The number of hydrogen-bond donors (Lipinski definition) is 0. The number of carbonyl (C=O) groups excluding carboxylic acids is 1. The molecule has 1 aliphatic heterocycles. The van der Waals surface area contributed by atoms with Gasteiger partial charge in [0.15, 0.2) is 0 Å². The summed E-state index contributed by atoms with van der Waals surface area (Å²) < 4.78 is 10.5. The van der Waals surface area contributed by atoms with E-state index < -0.39 is 0 Å². The molecule has 1 aromatic carbocycles. The Morgan fingerprint density at radius 1 is 1.14 bits per heavy atom. The van der Waals surface area contributed by atoms with Gasteiger partial charge in [-0.1, -0.05) is 0 Å². The zero-order chi connectivity index (χ0) is 15.1. The van der Waals surface area contributed by atoms with Gasteiger partial charge in [0.1, 0.15) is 18.2 Å². The van der Waals surface area contributed by atoms with Crippen molar-refractivity contribution < 1.29 is 14.3 Å². The van der Waals surface area contributed by atoms with Crippen LogP contribution in [0.2, 0.25) is 0 Å². The molecule has 0 radical (unpaired) electrons. The van der Waals surface area contributed by atoms with Crippen molar-refractivity contribution in [1.82, 2.24) is 4.90 Å². The number of ether oxygens (including phenoxy) is 2. The van der Waals surface area contributed by atoms with Gasteiger partial charge in [-0.15, -0.1) is 11.6 Å². The van der Waals surface area contributed by atoms with Crippen LogP contribution in [0.1, 0.15) is 0 Å². The number of hydrogen-bond acceptors (Lipinski definition) is 4. The topological polar surface area (TPSA) is 42.0 Å². The highest BCUT2D eigenvalue weighted by Gasteiger charge is 2.20. The molecule has 1 fully saturated rings. The lowest BCUT2D eigenvalue weighted by molar-refractivity contribution is -0.128. The van der Waals surface area contributed by atoms with Crippen molar-refractivity contribution in [2.45, 2.75) is 0 Å². The highest BCUT2D eigenvalue weighted by Crippen LogP contribution is 2.20. The smallest absolute Gasteiger partial charge is 0.237 e. The Labute approximate surface area is 130 Å². The van der Waals surface area contributed by atoms with Gasteiger partial charge in [0, 0.05) is 39.0 Å². The Morgan fingerprint density at radius 3 is 2.38 bits per heavy atom. The molecule has 21 heavy (non-hydrogen) atoms. The third-order valence-electron chi connectivity index (χ3n) is 3.50. The molecule has 116 valence electrons. The van der Waals surface area contributed by atoms with E-state index in [1.165, 1.54) is 0 Å². The summed E-state index contributed by atoms with van der Waals surface area (Å²) in [5, 5.41) is 0. The minimum Gasteiger partial charge on any atom is -0.491 e. The number of nitrogens with zero attached hydrogens (tertiary/aromatic N) is 2. The van der Waals surface area contributed by atoms with E-state index >= 15 is 0 Å². The lowest BCUT2D eigenvalue weighted by atomic mass is 10.2. The predicted molar refractivity (Wildman–Crippen MR) is 83.3 cm³/mol. The molecule has 2 rings (SSSR count). The molecule has 1 heterocycles. The van der Waals surface area contributed by atoms with E-state index in [0.717, 1.165) is 37.6 Å². The fraction of sp³-hybridized carbons (Fsp3) is 0.533. The quantitative estimate of drug-likeness (QED) is 0.591. The Bertz CT molecular complexity index is 445. The van der Waals surface area contributed by atoms with E-state index in [-0.39, 0.29) is 11.8 Å². The van der Waals surface area contributed by atoms with Gasteiger partial charge in [-0.3, -0.25) is 4.79 Å². The summed E-state index contributed by atoms with van der Waals surface area (Å²) >= 11 is 5.58. The third kappa shape index (κ3) is 4.51. The molecule has 0 spiro atoms. The number of rotatable bonds is 6. The molecule has 0 N–H and O–H groups in total. The number of methoxy groups -OCH3 is 1. The second-order valence-electron chi connectivity index (χ2n) is 4.84. The minimum atomic E-state index is 0.0122. The molecule has 5 nitrogen and oxygen atoms in total. The molecule has 0 atom stereocenters. The van der Waals surface area contributed by atoms with E-state index in [1.807, 2.05) is 29.2 Å². The molecule has 0 bridgehead atoms. The first-order valence-corrected chi connectivity index (χ1v) is 7.58. The van der Waals surface area contributed by atoms with Gasteiger partial charge in [0.25, 0.3) is 0 Å². The van der Waals surface area contributed by atoms with Crippen LogP contribution in [0.25, 0.3) is 0 Å². The zero-order valence-corrected chi connectivity index (χ0v) is 13.0. The first kappa shape index (κ1) is 15.9. The summed E-state index contributed by atoms with van der Waals surface area (Å²) in [5.41, 5.74) is 1.15. The van der Waals surface area contributed by atoms with Gasteiger partial charge in [0.05, 0.1) is 6.61 Å². The maximum atomic E-state index is 11.5. The van der Waals surface area contributed by atoms with Crippen molar-refractivity contribution in [1.29, 1.82) is 0 Å². The fourth-order valence-corrected chi connectivity index (χ4v) is 2.46. The van der Waals surface area contributed by atoms with Crippen molar-refractivity contribution in [2.24, 2.45) is 0 Å². The Morgan fingerprint density at radius 2 is 1.81 bits per heavy atom. The summed E-state index contributed by atoms with van der Waals surface area (Å²) in [4.78, 5) is 15.6. The van der Waals surface area contributed by atoms with Gasteiger partial charge in [-0.25, -0.2) is 0 Å². The Balaban J connectivity index is 1.84. The lowest BCUT2D eigenvalue weighted by Gasteiger charge is -2.35. The van der Waals surface area contributed by atoms with Crippen LogP contribution in [0.4, 0.5) is 5.69 Å². The summed E-state index contributed by atoms with van der Waals surface area (Å²) in [7, 11) is 1.65. The molecular formula is C15H21ClN2O3. The van der Waals surface area contributed by atoms with Crippen LogP contribution in [-0.2, 0) is 9.53 Å². The number of amides is 1. The van der Waals surface area contributed by atoms with Crippen LogP contribution in [0.15, 0.2) is 24.3 Å². The van der Waals surface area contributed by atoms with Gasteiger partial charge in [-0.2, -0.15) is 0 Å². The molecule has 0 aromatic heterocycles. The highest BCUT2D eigenvalue weighted by molar-refractivity contribution is 6.27. The number of piperazine rings is 1. The maximum Gasteiger partial charge on any atom is 0.237 e. The summed E-state index contributed by atoms with van der Waals surface area (Å²) in [6.07, 6.45) is 0. The minimum absolute atomic E-state index is 0.0122. The molecule has 0 saturated carbocycles. The van der Waals surface area contributed by atoms with E-state index in [1.54, 1.807) is 7.11 Å². The largest absolute Gasteiger partial charge is 0.491 e. The third-order valence-corrected chi connectivity index (χ3v) is 3.73. The number of benzene rings is 1. The SMILES string of the molecule is COCCOc1ccc(N2CCN(C(=O)CCl)CC2)cc1. The van der Waals surface area contributed by atoms with Crippen LogP contribution in [-0.4, -0.2) is 63.2 Å². The molecule has 1 saturated heterocycles. The molecule has 0 aliphatic carbocycles. The number of halogens is 1. The normalized spacial score (nSPS) is 15.1. The number of carbonyl (C=O) groups is 1. The first-order valence-electron chi connectivity index (χ1n) is 7.05. The van der Waals surface area contributed by atoms with Gasteiger partial charge in [0.2, 0.25) is 5.91 Å². The van der Waals surface area contributed by atoms with Crippen molar-refractivity contribution in [3.8, 4) is 5.75 Å². The summed E-state index contributed by atoms with van der Waals surface area (Å²) in [6, 6.07) is 8.00. The zero-order valence-electron chi connectivity index (χ0n) is 12.3.